The lowest BCUT2D eigenvalue weighted by atomic mass is 9.52. The van der Waals surface area contributed by atoms with E-state index in [1.165, 1.54) is 18.0 Å². The molecule has 1 heterocycles. The minimum atomic E-state index is -0.722. The highest BCUT2D eigenvalue weighted by Crippen LogP contribution is 2.57. The summed E-state index contributed by atoms with van der Waals surface area (Å²) in [6, 6.07) is -0.00521. The minimum absolute atomic E-state index is 0.00521. The summed E-state index contributed by atoms with van der Waals surface area (Å²) < 4.78 is 18.0. The zero-order chi connectivity index (χ0) is 27.0. The molecule has 4 aliphatic rings. The molecule has 2 atom stereocenters. The lowest BCUT2D eigenvalue weighted by molar-refractivity contribution is -0.137. The molecule has 1 aromatic heterocycles. The summed E-state index contributed by atoms with van der Waals surface area (Å²) in [7, 11) is 1.46. The lowest BCUT2D eigenvalue weighted by Crippen LogP contribution is -2.63. The number of hydrogen-bond acceptors (Lipinski definition) is 7. The van der Waals surface area contributed by atoms with Crippen molar-refractivity contribution in [2.24, 2.45) is 23.5 Å². The first-order valence-corrected chi connectivity index (χ1v) is 12.9. The van der Waals surface area contributed by atoms with Crippen molar-refractivity contribution in [3.63, 3.8) is 0 Å². The monoisotopic (exact) mass is 517 g/mol. The molecule has 3 amide bonds. The van der Waals surface area contributed by atoms with Gasteiger partial charge < -0.3 is 30.6 Å². The SMILES string of the molecule is COCC(=O)NC(C)(C)/C=C/n1ncc(C(=O)NC2C3CC4CC2CC(OC(N)=O)(C4)C3)c1OC(C)C. The van der Waals surface area contributed by atoms with Gasteiger partial charge >= 0.3 is 6.09 Å². The number of nitrogens with zero attached hydrogens (tertiary/aromatic N) is 2. The Morgan fingerprint density at radius 1 is 1.24 bits per heavy atom. The summed E-state index contributed by atoms with van der Waals surface area (Å²) in [6.45, 7) is 7.42. The van der Waals surface area contributed by atoms with Crippen molar-refractivity contribution < 1.29 is 28.6 Å². The number of carbonyl (C=O) groups excluding carboxylic acids is 3. The number of nitrogens with one attached hydrogen (secondary N) is 2. The quantitative estimate of drug-likeness (QED) is 0.432. The van der Waals surface area contributed by atoms with Crippen LogP contribution >= 0.6 is 0 Å². The Bertz CT molecular complexity index is 1050. The van der Waals surface area contributed by atoms with E-state index < -0.39 is 17.2 Å². The molecule has 4 fully saturated rings. The van der Waals surface area contributed by atoms with Gasteiger partial charge in [0.05, 0.1) is 17.8 Å². The second-order valence-corrected chi connectivity index (χ2v) is 11.6. The third-order valence-electron chi connectivity index (χ3n) is 7.54. The molecule has 0 saturated heterocycles. The van der Waals surface area contributed by atoms with Crippen molar-refractivity contribution in [2.45, 2.75) is 83.1 Å². The number of primary amides is 1. The summed E-state index contributed by atoms with van der Waals surface area (Å²) in [5.74, 6) is 0.803. The molecule has 4 N–H and O–H groups in total. The van der Waals surface area contributed by atoms with Gasteiger partial charge in [-0.15, -0.1) is 0 Å². The number of carbonyl (C=O) groups is 3. The smallest absolute Gasteiger partial charge is 0.405 e. The van der Waals surface area contributed by atoms with Gasteiger partial charge in [0.2, 0.25) is 11.8 Å². The Labute approximate surface area is 217 Å². The highest BCUT2D eigenvalue weighted by Gasteiger charge is 2.57. The maximum atomic E-state index is 13.5. The van der Waals surface area contributed by atoms with E-state index >= 15 is 0 Å². The van der Waals surface area contributed by atoms with Crippen LogP contribution in [-0.4, -0.2) is 64.7 Å². The predicted molar refractivity (Wildman–Crippen MR) is 136 cm³/mol. The number of amides is 3. The van der Waals surface area contributed by atoms with E-state index in [-0.39, 0.29) is 42.4 Å². The molecular weight excluding hydrogens is 478 g/mol. The lowest BCUT2D eigenvalue weighted by Gasteiger charge is -2.58. The van der Waals surface area contributed by atoms with Crippen molar-refractivity contribution in [3.8, 4) is 5.88 Å². The molecule has 11 nitrogen and oxygen atoms in total. The Kier molecular flexibility index (Phi) is 7.55. The summed E-state index contributed by atoms with van der Waals surface area (Å²) in [5, 5.41) is 10.5. The second-order valence-electron chi connectivity index (χ2n) is 11.6. The van der Waals surface area contributed by atoms with Gasteiger partial charge in [0.1, 0.15) is 17.8 Å². The van der Waals surface area contributed by atoms with Crippen molar-refractivity contribution in [2.75, 3.05) is 13.7 Å². The van der Waals surface area contributed by atoms with E-state index in [0.717, 1.165) is 32.1 Å². The average molecular weight is 518 g/mol. The number of nitrogens with two attached hydrogens (primary N) is 1. The van der Waals surface area contributed by atoms with E-state index in [4.69, 9.17) is 19.9 Å². The Morgan fingerprint density at radius 2 is 1.92 bits per heavy atom. The van der Waals surface area contributed by atoms with Crippen LogP contribution in [0.2, 0.25) is 0 Å². The van der Waals surface area contributed by atoms with Crippen LogP contribution in [0.25, 0.3) is 6.20 Å². The molecule has 0 spiro atoms. The highest BCUT2D eigenvalue weighted by molar-refractivity contribution is 5.96. The van der Waals surface area contributed by atoms with Crippen LogP contribution in [0.1, 0.15) is 70.2 Å². The third kappa shape index (κ3) is 6.08. The molecule has 0 aromatic carbocycles. The number of rotatable bonds is 10. The summed E-state index contributed by atoms with van der Waals surface area (Å²) in [4.78, 5) is 37.0. The van der Waals surface area contributed by atoms with Crippen LogP contribution in [-0.2, 0) is 14.3 Å². The molecular formula is C26H39N5O6. The second kappa shape index (κ2) is 10.4. The Hall–Kier alpha value is -3.08. The zero-order valence-corrected chi connectivity index (χ0v) is 22.3. The van der Waals surface area contributed by atoms with Crippen molar-refractivity contribution in [3.05, 3.63) is 17.8 Å². The van der Waals surface area contributed by atoms with Crippen molar-refractivity contribution >= 4 is 24.1 Å². The van der Waals surface area contributed by atoms with E-state index in [0.29, 0.717) is 17.4 Å². The largest absolute Gasteiger partial charge is 0.474 e. The molecule has 11 heteroatoms. The fourth-order valence-corrected chi connectivity index (χ4v) is 6.53. The normalized spacial score (nSPS) is 28.5. The summed E-state index contributed by atoms with van der Waals surface area (Å²) in [5.41, 5.74) is 4.54. The van der Waals surface area contributed by atoms with Gasteiger partial charge in [-0.05, 0) is 83.6 Å². The van der Waals surface area contributed by atoms with Gasteiger partial charge in [-0.1, -0.05) is 0 Å². The standard InChI is InChI=1S/C26H39N5O6/c1-15(2)36-23-19(13-28-31(23)7-6-25(3,4)30-20(32)14-35-5)22(33)29-21-17-8-16-9-18(21)12-26(10-16,11-17)37-24(27)34/h6-7,13,15-18,21H,8-12,14H2,1-5H3,(H2,27,34)(H,29,33)(H,30,32)/b7-6+. The number of aromatic nitrogens is 2. The van der Waals surface area contributed by atoms with Crippen LogP contribution in [0.4, 0.5) is 4.79 Å². The van der Waals surface area contributed by atoms with Gasteiger partial charge in [0, 0.05) is 19.4 Å². The average Bonchev–Trinajstić information content (AvgIpc) is 3.15. The van der Waals surface area contributed by atoms with Gasteiger partial charge in [-0.3, -0.25) is 9.59 Å². The van der Waals surface area contributed by atoms with Crippen LogP contribution in [0.3, 0.4) is 0 Å². The van der Waals surface area contributed by atoms with Gasteiger partial charge in [0.15, 0.2) is 0 Å². The van der Waals surface area contributed by atoms with Gasteiger partial charge in [-0.2, -0.15) is 5.10 Å². The van der Waals surface area contributed by atoms with E-state index in [1.807, 2.05) is 27.7 Å². The highest BCUT2D eigenvalue weighted by atomic mass is 16.6. The first-order valence-electron chi connectivity index (χ1n) is 12.9. The number of ether oxygens (including phenoxy) is 3. The molecule has 2 unspecified atom stereocenters. The third-order valence-corrected chi connectivity index (χ3v) is 7.54. The van der Waals surface area contributed by atoms with E-state index in [9.17, 15) is 14.4 Å². The molecule has 204 valence electrons. The fourth-order valence-electron chi connectivity index (χ4n) is 6.53. The molecule has 5 rings (SSSR count). The molecule has 4 saturated carbocycles. The maximum Gasteiger partial charge on any atom is 0.405 e. The number of hydrogen-bond donors (Lipinski definition) is 3. The first kappa shape index (κ1) is 27.0. The van der Waals surface area contributed by atoms with Crippen LogP contribution < -0.4 is 21.1 Å². The van der Waals surface area contributed by atoms with Gasteiger partial charge in [-0.25, -0.2) is 9.48 Å². The molecule has 1 aromatic rings. The number of methoxy groups -OCH3 is 1. The molecule has 0 aliphatic heterocycles. The molecule has 37 heavy (non-hydrogen) atoms. The molecule has 4 aliphatic carbocycles. The zero-order valence-electron chi connectivity index (χ0n) is 22.3. The molecule has 0 radical (unpaired) electrons. The Balaban J connectivity index is 1.50. The molecule has 4 bridgehead atoms. The van der Waals surface area contributed by atoms with Crippen LogP contribution in [0, 0.1) is 17.8 Å². The maximum absolute atomic E-state index is 13.5. The van der Waals surface area contributed by atoms with Gasteiger partial charge in [0.25, 0.3) is 5.91 Å². The topological polar surface area (TPSA) is 147 Å². The predicted octanol–water partition coefficient (Wildman–Crippen LogP) is 2.45. The summed E-state index contributed by atoms with van der Waals surface area (Å²) >= 11 is 0. The van der Waals surface area contributed by atoms with E-state index in [2.05, 4.69) is 15.7 Å². The van der Waals surface area contributed by atoms with Crippen LogP contribution in [0.15, 0.2) is 12.3 Å². The first-order chi connectivity index (χ1) is 17.4. The Morgan fingerprint density at radius 3 is 2.51 bits per heavy atom. The fraction of sp³-hybridized carbons (Fsp3) is 0.692. The van der Waals surface area contributed by atoms with Crippen molar-refractivity contribution in [1.82, 2.24) is 20.4 Å². The van der Waals surface area contributed by atoms with E-state index in [1.54, 1.807) is 12.3 Å². The van der Waals surface area contributed by atoms with Crippen LogP contribution in [0.5, 0.6) is 5.88 Å². The summed E-state index contributed by atoms with van der Waals surface area (Å²) in [6.07, 6.45) is 8.35. The van der Waals surface area contributed by atoms with Crippen molar-refractivity contribution in [1.29, 1.82) is 0 Å². The minimum Gasteiger partial charge on any atom is -0.474 e.